The molecule has 0 aliphatic heterocycles. The Hall–Kier alpha value is -2.11. The fourth-order valence-electron chi connectivity index (χ4n) is 2.21. The van der Waals surface area contributed by atoms with Gasteiger partial charge in [0.15, 0.2) is 0 Å². The van der Waals surface area contributed by atoms with Crippen molar-refractivity contribution in [1.29, 1.82) is 0 Å². The first-order chi connectivity index (χ1) is 10.2. The summed E-state index contributed by atoms with van der Waals surface area (Å²) < 4.78 is 10.9. The first-order valence-electron chi connectivity index (χ1n) is 6.45. The summed E-state index contributed by atoms with van der Waals surface area (Å²) in [6.07, 6.45) is 0. The van der Waals surface area contributed by atoms with E-state index in [1.807, 2.05) is 31.3 Å². The van der Waals surface area contributed by atoms with E-state index in [2.05, 4.69) is 15.5 Å². The van der Waals surface area contributed by atoms with E-state index in [9.17, 15) is 0 Å². The summed E-state index contributed by atoms with van der Waals surface area (Å²) in [5.74, 6) is 1.24. The van der Waals surface area contributed by atoms with Crippen LogP contribution in [0.1, 0.15) is 17.5 Å². The lowest BCUT2D eigenvalue weighted by Gasteiger charge is -2.12. The van der Waals surface area contributed by atoms with Gasteiger partial charge < -0.3 is 14.5 Å². The molecule has 6 heteroatoms. The van der Waals surface area contributed by atoms with Crippen LogP contribution in [0.15, 0.2) is 40.8 Å². The number of rotatable bonds is 4. The van der Waals surface area contributed by atoms with E-state index in [1.54, 1.807) is 19.2 Å². The molecule has 0 saturated carbocycles. The zero-order valence-electron chi connectivity index (χ0n) is 11.6. The minimum absolute atomic E-state index is 0.186. The molecule has 3 rings (SSSR count). The number of fused-ring (bicyclic) bond motifs is 1. The molecule has 108 valence electrons. The maximum atomic E-state index is 6.00. The van der Waals surface area contributed by atoms with Gasteiger partial charge in [-0.05, 0) is 37.4 Å². The Bertz CT molecular complexity index is 755. The van der Waals surface area contributed by atoms with Gasteiger partial charge in [-0.1, -0.05) is 11.6 Å². The van der Waals surface area contributed by atoms with Crippen molar-refractivity contribution in [3.05, 3.63) is 52.9 Å². The van der Waals surface area contributed by atoms with Crippen molar-refractivity contribution >= 4 is 22.6 Å². The molecule has 5 nitrogen and oxygen atoms in total. The molecule has 1 aromatic carbocycles. The van der Waals surface area contributed by atoms with E-state index in [1.165, 1.54) is 0 Å². The third-order valence-electron chi connectivity index (χ3n) is 3.24. The van der Waals surface area contributed by atoms with Crippen molar-refractivity contribution in [1.82, 2.24) is 15.5 Å². The fraction of sp³-hybridized carbons (Fsp3) is 0.200. The van der Waals surface area contributed by atoms with E-state index >= 15 is 0 Å². The fourth-order valence-corrected chi connectivity index (χ4v) is 2.39. The summed E-state index contributed by atoms with van der Waals surface area (Å²) in [7, 11) is 3.40. The zero-order chi connectivity index (χ0) is 14.8. The molecule has 0 aliphatic carbocycles. The third kappa shape index (κ3) is 2.70. The maximum Gasteiger partial charge on any atom is 0.233 e. The van der Waals surface area contributed by atoms with Gasteiger partial charge >= 0.3 is 0 Å². The lowest BCUT2D eigenvalue weighted by atomic mass is 10.1. The highest BCUT2D eigenvalue weighted by Crippen LogP contribution is 2.29. The third-order valence-corrected chi connectivity index (χ3v) is 3.47. The number of halogens is 1. The average molecular weight is 304 g/mol. The second-order valence-electron chi connectivity index (χ2n) is 4.55. The predicted molar refractivity (Wildman–Crippen MR) is 80.7 cm³/mol. The highest BCUT2D eigenvalue weighted by molar-refractivity contribution is 6.31. The van der Waals surface area contributed by atoms with Gasteiger partial charge in [0, 0.05) is 16.5 Å². The first kappa shape index (κ1) is 13.9. The topological polar surface area (TPSA) is 60.2 Å². The Kier molecular flexibility index (Phi) is 3.77. The molecule has 21 heavy (non-hydrogen) atoms. The van der Waals surface area contributed by atoms with Crippen LogP contribution in [0.2, 0.25) is 5.02 Å². The number of aromatic nitrogens is 2. The number of methoxy groups -OCH3 is 1. The minimum atomic E-state index is -0.186. The van der Waals surface area contributed by atoms with Gasteiger partial charge in [0.05, 0.1) is 12.8 Å². The molecule has 3 aromatic rings. The number of benzene rings is 1. The Labute approximate surface area is 126 Å². The van der Waals surface area contributed by atoms with Crippen LogP contribution in [0.3, 0.4) is 0 Å². The van der Waals surface area contributed by atoms with E-state index in [-0.39, 0.29) is 6.04 Å². The second kappa shape index (κ2) is 5.71. The van der Waals surface area contributed by atoms with E-state index in [0.29, 0.717) is 10.9 Å². The van der Waals surface area contributed by atoms with Crippen LogP contribution in [-0.4, -0.2) is 24.4 Å². The highest BCUT2D eigenvalue weighted by atomic mass is 35.5. The summed E-state index contributed by atoms with van der Waals surface area (Å²) in [5.41, 5.74) is 1.54. The zero-order valence-corrected chi connectivity index (χ0v) is 12.4. The molecular formula is C15H14ClN3O2. The Morgan fingerprint density at radius 3 is 2.71 bits per heavy atom. The monoisotopic (exact) mass is 303 g/mol. The maximum absolute atomic E-state index is 6.00. The molecule has 0 spiro atoms. The van der Waals surface area contributed by atoms with E-state index < -0.39 is 0 Å². The molecule has 1 N–H and O–H groups in total. The number of furan rings is 1. The summed E-state index contributed by atoms with van der Waals surface area (Å²) in [4.78, 5) is 0. The van der Waals surface area contributed by atoms with Crippen LogP contribution in [0.5, 0.6) is 5.88 Å². The van der Waals surface area contributed by atoms with Crippen LogP contribution in [0.4, 0.5) is 0 Å². The minimum Gasteiger partial charge on any atom is -0.480 e. The summed E-state index contributed by atoms with van der Waals surface area (Å²) in [5, 5.41) is 13.0. The molecule has 0 saturated heterocycles. The van der Waals surface area contributed by atoms with Crippen LogP contribution in [-0.2, 0) is 0 Å². The first-order valence-corrected chi connectivity index (χ1v) is 6.83. The van der Waals surface area contributed by atoms with Crippen molar-refractivity contribution in [2.75, 3.05) is 14.2 Å². The van der Waals surface area contributed by atoms with Crippen LogP contribution in [0, 0.1) is 0 Å². The number of nitrogens with zero attached hydrogens (tertiary/aromatic N) is 2. The molecule has 0 amide bonds. The second-order valence-corrected chi connectivity index (χ2v) is 4.99. The van der Waals surface area contributed by atoms with Gasteiger partial charge in [0.1, 0.15) is 17.4 Å². The lowest BCUT2D eigenvalue weighted by Crippen LogP contribution is -2.18. The van der Waals surface area contributed by atoms with Crippen molar-refractivity contribution in [2.24, 2.45) is 0 Å². The smallest absolute Gasteiger partial charge is 0.233 e. The van der Waals surface area contributed by atoms with Gasteiger partial charge in [0.2, 0.25) is 5.88 Å². The van der Waals surface area contributed by atoms with Gasteiger partial charge in [-0.3, -0.25) is 0 Å². The number of hydrogen-bond acceptors (Lipinski definition) is 5. The number of nitrogens with one attached hydrogen (secondary N) is 1. The van der Waals surface area contributed by atoms with Crippen LogP contribution in [0.25, 0.3) is 11.0 Å². The molecule has 2 heterocycles. The van der Waals surface area contributed by atoms with Gasteiger partial charge in [-0.2, -0.15) is 0 Å². The standard InChI is InChI=1S/C15H14ClN3O2/c1-17-15(11-4-6-14(20-2)19-18-11)13-8-9-7-10(16)3-5-12(9)21-13/h3-8,15,17H,1-2H3. The predicted octanol–water partition coefficient (Wildman–Crippen LogP) is 3.19. The highest BCUT2D eigenvalue weighted by Gasteiger charge is 2.19. The normalized spacial score (nSPS) is 12.5. The molecule has 1 atom stereocenters. The number of hydrogen-bond donors (Lipinski definition) is 1. The Morgan fingerprint density at radius 2 is 2.05 bits per heavy atom. The van der Waals surface area contributed by atoms with Crippen molar-refractivity contribution < 1.29 is 9.15 Å². The van der Waals surface area contributed by atoms with Crippen LogP contribution >= 0.6 is 11.6 Å². The summed E-state index contributed by atoms with van der Waals surface area (Å²) in [6.45, 7) is 0. The Balaban J connectivity index is 2.00. The summed E-state index contributed by atoms with van der Waals surface area (Å²) >= 11 is 6.00. The molecule has 0 bridgehead atoms. The quantitative estimate of drug-likeness (QED) is 0.802. The van der Waals surface area contributed by atoms with Gasteiger partial charge in [0.25, 0.3) is 0 Å². The number of ether oxygens (including phenoxy) is 1. The van der Waals surface area contributed by atoms with Crippen molar-refractivity contribution in [3.8, 4) is 5.88 Å². The van der Waals surface area contributed by atoms with Crippen molar-refractivity contribution in [3.63, 3.8) is 0 Å². The lowest BCUT2D eigenvalue weighted by molar-refractivity contribution is 0.389. The van der Waals surface area contributed by atoms with Crippen LogP contribution < -0.4 is 10.1 Å². The molecular weight excluding hydrogens is 290 g/mol. The average Bonchev–Trinajstić information content (AvgIpc) is 2.91. The largest absolute Gasteiger partial charge is 0.480 e. The van der Waals surface area contributed by atoms with Crippen molar-refractivity contribution in [2.45, 2.75) is 6.04 Å². The SMILES string of the molecule is CNC(c1ccc(OC)nn1)c1cc2cc(Cl)ccc2o1. The molecule has 0 aliphatic rings. The van der Waals surface area contributed by atoms with Gasteiger partial charge in [-0.15, -0.1) is 10.2 Å². The molecule has 0 radical (unpaired) electrons. The molecule has 2 aromatic heterocycles. The van der Waals surface area contributed by atoms with E-state index in [0.717, 1.165) is 22.4 Å². The summed E-state index contributed by atoms with van der Waals surface area (Å²) in [6, 6.07) is 10.9. The van der Waals surface area contributed by atoms with Gasteiger partial charge in [-0.25, -0.2) is 0 Å². The molecule has 1 unspecified atom stereocenters. The molecule has 0 fully saturated rings. The van der Waals surface area contributed by atoms with E-state index in [4.69, 9.17) is 20.8 Å². The Morgan fingerprint density at radius 1 is 1.19 bits per heavy atom.